The van der Waals surface area contributed by atoms with Crippen LogP contribution in [-0.2, 0) is 17.8 Å². The molecule has 1 fully saturated rings. The highest BCUT2D eigenvalue weighted by Gasteiger charge is 2.23. The molecule has 0 radical (unpaired) electrons. The lowest BCUT2D eigenvalue weighted by Crippen LogP contribution is -2.22. The molecule has 1 N–H and O–H groups in total. The van der Waals surface area contributed by atoms with Crippen molar-refractivity contribution >= 4 is 0 Å². The second-order valence-electron chi connectivity index (χ2n) is 5.39. The number of hydrogen-bond donors (Lipinski definition) is 1. The molecule has 108 valence electrons. The van der Waals surface area contributed by atoms with Gasteiger partial charge in [0, 0.05) is 25.8 Å². The third kappa shape index (κ3) is 4.34. The van der Waals surface area contributed by atoms with Crippen LogP contribution in [0, 0.1) is 5.92 Å². The van der Waals surface area contributed by atoms with Crippen LogP contribution in [0.15, 0.2) is 16.7 Å². The molecule has 0 saturated carbocycles. The van der Waals surface area contributed by atoms with Gasteiger partial charge in [-0.1, -0.05) is 6.92 Å². The summed E-state index contributed by atoms with van der Waals surface area (Å²) in [5, 5.41) is 3.40. The topological polar surface area (TPSA) is 37.6 Å². The molecule has 1 aliphatic rings. The largest absolute Gasteiger partial charge is 0.468 e. The van der Waals surface area contributed by atoms with Crippen LogP contribution >= 0.6 is 0 Å². The van der Waals surface area contributed by atoms with Crippen molar-refractivity contribution < 1.29 is 9.15 Å². The van der Waals surface area contributed by atoms with Crippen molar-refractivity contribution in [1.29, 1.82) is 0 Å². The average molecular weight is 266 g/mol. The van der Waals surface area contributed by atoms with E-state index in [4.69, 9.17) is 9.15 Å². The summed E-state index contributed by atoms with van der Waals surface area (Å²) in [5.41, 5.74) is 1.32. The molecule has 0 amide bonds. The zero-order valence-electron chi connectivity index (χ0n) is 12.2. The first kappa shape index (κ1) is 14.6. The smallest absolute Gasteiger partial charge is 0.122 e. The molecule has 1 saturated heterocycles. The van der Waals surface area contributed by atoms with Crippen molar-refractivity contribution in [3.05, 3.63) is 23.7 Å². The third-order valence-corrected chi connectivity index (χ3v) is 3.72. The van der Waals surface area contributed by atoms with Crippen LogP contribution in [-0.4, -0.2) is 38.3 Å². The van der Waals surface area contributed by atoms with Crippen LogP contribution in [0.5, 0.6) is 0 Å². The number of nitrogens with zero attached hydrogens (tertiary/aromatic N) is 1. The highest BCUT2D eigenvalue weighted by atomic mass is 16.5. The molecule has 2 rings (SSSR count). The summed E-state index contributed by atoms with van der Waals surface area (Å²) in [6, 6.07) is 2.10. The van der Waals surface area contributed by atoms with Crippen molar-refractivity contribution in [1.82, 2.24) is 10.2 Å². The summed E-state index contributed by atoms with van der Waals surface area (Å²) in [6.07, 6.45) is 4.21. The van der Waals surface area contributed by atoms with Gasteiger partial charge in [-0.25, -0.2) is 0 Å². The SMILES string of the molecule is CCCNCc1occc1CN1CCC(COC)C1. The van der Waals surface area contributed by atoms with Crippen LogP contribution in [0.1, 0.15) is 31.1 Å². The highest BCUT2D eigenvalue weighted by molar-refractivity contribution is 5.17. The van der Waals surface area contributed by atoms with Crippen LogP contribution in [0.3, 0.4) is 0 Å². The van der Waals surface area contributed by atoms with E-state index in [0.717, 1.165) is 45.0 Å². The van der Waals surface area contributed by atoms with Crippen molar-refractivity contribution in [2.24, 2.45) is 5.92 Å². The summed E-state index contributed by atoms with van der Waals surface area (Å²) < 4.78 is 10.8. The lowest BCUT2D eigenvalue weighted by Gasteiger charge is -2.15. The zero-order chi connectivity index (χ0) is 13.5. The Hall–Kier alpha value is -0.840. The van der Waals surface area contributed by atoms with Gasteiger partial charge in [0.15, 0.2) is 0 Å². The molecule has 1 aromatic rings. The molecule has 0 aliphatic carbocycles. The lowest BCUT2D eigenvalue weighted by molar-refractivity contribution is 0.152. The van der Waals surface area contributed by atoms with Gasteiger partial charge in [0.25, 0.3) is 0 Å². The summed E-state index contributed by atoms with van der Waals surface area (Å²) >= 11 is 0. The Balaban J connectivity index is 1.81. The lowest BCUT2D eigenvalue weighted by atomic mass is 10.1. The highest BCUT2D eigenvalue weighted by Crippen LogP contribution is 2.21. The third-order valence-electron chi connectivity index (χ3n) is 3.72. The molecule has 0 bridgehead atoms. The molecular formula is C15H26N2O2. The predicted octanol–water partition coefficient (Wildman–Crippen LogP) is 2.25. The molecule has 2 heterocycles. The number of rotatable bonds is 8. The van der Waals surface area contributed by atoms with Gasteiger partial charge in [0.2, 0.25) is 0 Å². The summed E-state index contributed by atoms with van der Waals surface area (Å²) in [4.78, 5) is 2.50. The minimum atomic E-state index is 0.693. The molecule has 19 heavy (non-hydrogen) atoms. The molecule has 4 nitrogen and oxygen atoms in total. The number of methoxy groups -OCH3 is 1. The maximum atomic E-state index is 5.58. The minimum Gasteiger partial charge on any atom is -0.468 e. The van der Waals surface area contributed by atoms with E-state index < -0.39 is 0 Å². The number of hydrogen-bond acceptors (Lipinski definition) is 4. The second-order valence-corrected chi connectivity index (χ2v) is 5.39. The Bertz CT molecular complexity index is 365. The van der Waals surface area contributed by atoms with Crippen LogP contribution in [0.25, 0.3) is 0 Å². The summed E-state index contributed by atoms with van der Waals surface area (Å²) in [7, 11) is 1.79. The van der Waals surface area contributed by atoms with E-state index in [1.807, 2.05) is 0 Å². The quantitative estimate of drug-likeness (QED) is 0.732. The Morgan fingerprint density at radius 2 is 2.42 bits per heavy atom. The maximum absolute atomic E-state index is 5.58. The molecule has 1 aromatic heterocycles. The van der Waals surface area contributed by atoms with Crippen LogP contribution < -0.4 is 5.32 Å². The molecule has 4 heteroatoms. The monoisotopic (exact) mass is 266 g/mol. The number of ether oxygens (including phenoxy) is 1. The van der Waals surface area contributed by atoms with Crippen molar-refractivity contribution in [3.8, 4) is 0 Å². The first-order valence-electron chi connectivity index (χ1n) is 7.30. The van der Waals surface area contributed by atoms with E-state index in [0.29, 0.717) is 5.92 Å². The Labute approximate surface area is 116 Å². The van der Waals surface area contributed by atoms with Crippen LogP contribution in [0.2, 0.25) is 0 Å². The van der Waals surface area contributed by atoms with Crippen molar-refractivity contribution in [2.75, 3.05) is 33.4 Å². The van der Waals surface area contributed by atoms with E-state index in [1.165, 1.54) is 18.5 Å². The molecule has 0 spiro atoms. The number of furan rings is 1. The Kier molecular flexibility index (Phi) is 5.89. The fraction of sp³-hybridized carbons (Fsp3) is 0.733. The first-order valence-corrected chi connectivity index (χ1v) is 7.30. The van der Waals surface area contributed by atoms with Gasteiger partial charge in [-0.15, -0.1) is 0 Å². The van der Waals surface area contributed by atoms with E-state index in [1.54, 1.807) is 13.4 Å². The molecule has 1 unspecified atom stereocenters. The van der Waals surface area contributed by atoms with Gasteiger partial charge >= 0.3 is 0 Å². The van der Waals surface area contributed by atoms with Gasteiger partial charge in [-0.3, -0.25) is 4.90 Å². The standard InChI is InChI=1S/C15H26N2O2/c1-3-6-16-9-15-14(5-8-19-15)11-17-7-4-13(10-17)12-18-2/h5,8,13,16H,3-4,6-7,9-12H2,1-2H3. The van der Waals surface area contributed by atoms with Gasteiger partial charge in [-0.05, 0) is 37.9 Å². The first-order chi connectivity index (χ1) is 9.33. The summed E-state index contributed by atoms with van der Waals surface area (Å²) in [5.74, 6) is 1.78. The maximum Gasteiger partial charge on any atom is 0.122 e. The molecule has 1 aliphatic heterocycles. The number of likely N-dealkylation sites (tertiary alicyclic amines) is 1. The predicted molar refractivity (Wildman–Crippen MR) is 76.0 cm³/mol. The van der Waals surface area contributed by atoms with Crippen molar-refractivity contribution in [2.45, 2.75) is 32.9 Å². The van der Waals surface area contributed by atoms with Crippen LogP contribution in [0.4, 0.5) is 0 Å². The van der Waals surface area contributed by atoms with Gasteiger partial charge < -0.3 is 14.5 Å². The Morgan fingerprint density at radius 3 is 3.21 bits per heavy atom. The van der Waals surface area contributed by atoms with Gasteiger partial charge in [0.1, 0.15) is 5.76 Å². The van der Waals surface area contributed by atoms with E-state index in [9.17, 15) is 0 Å². The summed E-state index contributed by atoms with van der Waals surface area (Å²) in [6.45, 7) is 8.25. The fourth-order valence-electron chi connectivity index (χ4n) is 2.71. The van der Waals surface area contributed by atoms with E-state index >= 15 is 0 Å². The second kappa shape index (κ2) is 7.68. The van der Waals surface area contributed by atoms with E-state index in [2.05, 4.69) is 23.2 Å². The average Bonchev–Trinajstić information content (AvgIpc) is 3.01. The fourth-order valence-corrected chi connectivity index (χ4v) is 2.71. The molecular weight excluding hydrogens is 240 g/mol. The van der Waals surface area contributed by atoms with E-state index in [-0.39, 0.29) is 0 Å². The number of nitrogens with one attached hydrogen (secondary N) is 1. The molecule has 0 aromatic carbocycles. The molecule has 1 atom stereocenters. The van der Waals surface area contributed by atoms with Crippen molar-refractivity contribution in [3.63, 3.8) is 0 Å². The van der Waals surface area contributed by atoms with Gasteiger partial charge in [0.05, 0.1) is 19.4 Å². The zero-order valence-corrected chi connectivity index (χ0v) is 12.2. The van der Waals surface area contributed by atoms with Gasteiger partial charge in [-0.2, -0.15) is 0 Å². The minimum absolute atomic E-state index is 0.693. The normalized spacial score (nSPS) is 20.2. The Morgan fingerprint density at radius 1 is 1.53 bits per heavy atom.